The molecule has 2 rings (SSSR count). The van der Waals surface area contributed by atoms with E-state index < -0.39 is 9.05 Å². The summed E-state index contributed by atoms with van der Waals surface area (Å²) >= 11 is 6.23. The van der Waals surface area contributed by atoms with Gasteiger partial charge in [-0.15, -0.1) is 0 Å². The van der Waals surface area contributed by atoms with Crippen LogP contribution in [-0.4, -0.2) is 27.7 Å². The SMILES string of the molecule is CCn1nc(C)c(Cl)c1Cn1cc(S(=O)(=O)Cl)nc1C. The molecule has 6 nitrogen and oxygen atoms in total. The molecule has 0 aromatic carbocycles. The van der Waals surface area contributed by atoms with Crippen LogP contribution in [0, 0.1) is 13.8 Å². The Balaban J connectivity index is 2.43. The third-order valence-corrected chi connectivity index (χ3v) is 4.64. The summed E-state index contributed by atoms with van der Waals surface area (Å²) in [5.74, 6) is 0.543. The standard InChI is InChI=1S/C11H14Cl2N4O2S/c1-4-17-9(11(12)7(2)15-17)5-16-6-10(14-8(16)3)20(13,18)19/h6H,4-5H2,1-3H3. The molecule has 2 aromatic rings. The zero-order valence-corrected chi connectivity index (χ0v) is 13.6. The van der Waals surface area contributed by atoms with Gasteiger partial charge in [-0.25, -0.2) is 13.4 Å². The number of nitrogens with zero attached hydrogens (tertiary/aromatic N) is 4. The second-order valence-electron chi connectivity index (χ2n) is 4.35. The highest BCUT2D eigenvalue weighted by atomic mass is 35.7. The highest BCUT2D eigenvalue weighted by Gasteiger charge is 2.18. The number of hydrogen-bond donors (Lipinski definition) is 0. The van der Waals surface area contributed by atoms with E-state index in [0.29, 0.717) is 23.9 Å². The van der Waals surface area contributed by atoms with Crippen LogP contribution in [0.3, 0.4) is 0 Å². The summed E-state index contributed by atoms with van der Waals surface area (Å²) < 4.78 is 26.1. The topological polar surface area (TPSA) is 69.8 Å². The average Bonchev–Trinajstić information content (AvgIpc) is 2.85. The first-order chi connectivity index (χ1) is 9.24. The van der Waals surface area contributed by atoms with Gasteiger partial charge in [0, 0.05) is 23.4 Å². The van der Waals surface area contributed by atoms with Crippen LogP contribution >= 0.6 is 22.3 Å². The molecule has 0 aliphatic rings. The molecule has 0 amide bonds. The molecular formula is C11H14Cl2N4O2S. The van der Waals surface area contributed by atoms with Gasteiger partial charge in [0.05, 0.1) is 23.0 Å². The van der Waals surface area contributed by atoms with Crippen LogP contribution < -0.4 is 0 Å². The van der Waals surface area contributed by atoms with Gasteiger partial charge in [-0.2, -0.15) is 5.10 Å². The lowest BCUT2D eigenvalue weighted by Gasteiger charge is -2.07. The van der Waals surface area contributed by atoms with Crippen molar-refractivity contribution in [1.82, 2.24) is 19.3 Å². The largest absolute Gasteiger partial charge is 0.328 e. The van der Waals surface area contributed by atoms with E-state index in [2.05, 4.69) is 10.1 Å². The highest BCUT2D eigenvalue weighted by molar-refractivity contribution is 8.13. The summed E-state index contributed by atoms with van der Waals surface area (Å²) in [4.78, 5) is 3.94. The van der Waals surface area contributed by atoms with Crippen LogP contribution in [0.5, 0.6) is 0 Å². The second kappa shape index (κ2) is 5.38. The van der Waals surface area contributed by atoms with Crippen molar-refractivity contribution in [2.45, 2.75) is 38.9 Å². The minimum atomic E-state index is -3.83. The van der Waals surface area contributed by atoms with Gasteiger partial charge in [0.2, 0.25) is 0 Å². The third-order valence-electron chi connectivity index (χ3n) is 2.98. The summed E-state index contributed by atoms with van der Waals surface area (Å²) in [6.45, 7) is 6.56. The first-order valence-corrected chi connectivity index (χ1v) is 8.63. The fourth-order valence-corrected chi connectivity index (χ4v) is 2.85. The van der Waals surface area contributed by atoms with E-state index in [1.54, 1.807) is 16.2 Å². The smallest absolute Gasteiger partial charge is 0.280 e. The van der Waals surface area contributed by atoms with Crippen molar-refractivity contribution in [3.63, 3.8) is 0 Å². The predicted molar refractivity (Wildman–Crippen MR) is 76.8 cm³/mol. The maximum absolute atomic E-state index is 11.3. The van der Waals surface area contributed by atoms with E-state index in [4.69, 9.17) is 22.3 Å². The molecule has 2 heterocycles. The van der Waals surface area contributed by atoms with Gasteiger partial charge in [-0.1, -0.05) is 11.6 Å². The molecule has 0 saturated heterocycles. The lowest BCUT2D eigenvalue weighted by Crippen LogP contribution is -2.08. The van der Waals surface area contributed by atoms with Crippen LogP contribution in [0.15, 0.2) is 11.2 Å². The average molecular weight is 337 g/mol. The van der Waals surface area contributed by atoms with E-state index in [-0.39, 0.29) is 5.03 Å². The monoisotopic (exact) mass is 336 g/mol. The quantitative estimate of drug-likeness (QED) is 0.803. The van der Waals surface area contributed by atoms with Crippen molar-refractivity contribution < 1.29 is 8.42 Å². The fourth-order valence-electron chi connectivity index (χ4n) is 1.94. The Labute approximate surface area is 126 Å². The number of aryl methyl sites for hydroxylation is 3. The lowest BCUT2D eigenvalue weighted by molar-refractivity contribution is 0.592. The molecule has 0 aliphatic heterocycles. The molecule has 0 unspecified atom stereocenters. The van der Waals surface area contributed by atoms with E-state index in [1.165, 1.54) is 6.20 Å². The Morgan fingerprint density at radius 1 is 1.35 bits per heavy atom. The fraction of sp³-hybridized carbons (Fsp3) is 0.455. The number of imidazole rings is 1. The van der Waals surface area contributed by atoms with Crippen molar-refractivity contribution in [2.75, 3.05) is 0 Å². The molecule has 2 aromatic heterocycles. The Morgan fingerprint density at radius 2 is 2.00 bits per heavy atom. The molecule has 0 saturated carbocycles. The third kappa shape index (κ3) is 2.84. The van der Waals surface area contributed by atoms with E-state index >= 15 is 0 Å². The highest BCUT2D eigenvalue weighted by Crippen LogP contribution is 2.23. The second-order valence-corrected chi connectivity index (χ2v) is 7.24. The number of halogens is 2. The van der Waals surface area contributed by atoms with Crippen molar-refractivity contribution in [1.29, 1.82) is 0 Å². The Bertz CT molecular complexity index is 749. The summed E-state index contributed by atoms with van der Waals surface area (Å²) in [5.41, 5.74) is 1.55. The normalized spacial score (nSPS) is 12.1. The van der Waals surface area contributed by atoms with Gasteiger partial charge in [0.25, 0.3) is 9.05 Å². The molecule has 9 heteroatoms. The van der Waals surface area contributed by atoms with Crippen LogP contribution in [0.2, 0.25) is 5.02 Å². The van der Waals surface area contributed by atoms with Gasteiger partial charge in [-0.05, 0) is 20.8 Å². The first kappa shape index (κ1) is 15.3. The van der Waals surface area contributed by atoms with E-state index in [0.717, 1.165) is 11.4 Å². The van der Waals surface area contributed by atoms with Gasteiger partial charge < -0.3 is 4.57 Å². The van der Waals surface area contributed by atoms with Crippen molar-refractivity contribution >= 4 is 31.3 Å². The number of aromatic nitrogens is 4. The number of hydrogen-bond acceptors (Lipinski definition) is 4. The van der Waals surface area contributed by atoms with Crippen molar-refractivity contribution in [2.24, 2.45) is 0 Å². The predicted octanol–water partition coefficient (Wildman–Crippen LogP) is 2.35. The van der Waals surface area contributed by atoms with E-state index in [1.807, 2.05) is 13.8 Å². The van der Waals surface area contributed by atoms with Crippen LogP contribution in [0.4, 0.5) is 0 Å². The summed E-state index contributed by atoms with van der Waals surface area (Å²) in [6, 6.07) is 0. The van der Waals surface area contributed by atoms with Gasteiger partial charge >= 0.3 is 0 Å². The molecule has 0 atom stereocenters. The maximum Gasteiger partial charge on any atom is 0.280 e. The van der Waals surface area contributed by atoms with Gasteiger partial charge in [0.1, 0.15) is 5.82 Å². The Morgan fingerprint density at radius 3 is 2.50 bits per heavy atom. The molecule has 0 spiro atoms. The van der Waals surface area contributed by atoms with Crippen LogP contribution in [0.1, 0.15) is 24.1 Å². The summed E-state index contributed by atoms with van der Waals surface area (Å²) in [7, 11) is 1.46. The summed E-state index contributed by atoms with van der Waals surface area (Å²) in [6.07, 6.45) is 1.40. The Kier molecular flexibility index (Phi) is 4.13. The van der Waals surface area contributed by atoms with Crippen LogP contribution in [-0.2, 0) is 22.1 Å². The molecule has 0 aliphatic carbocycles. The lowest BCUT2D eigenvalue weighted by atomic mass is 10.3. The molecule has 20 heavy (non-hydrogen) atoms. The zero-order chi connectivity index (χ0) is 15.1. The van der Waals surface area contributed by atoms with Gasteiger partial charge in [0.15, 0.2) is 5.03 Å². The van der Waals surface area contributed by atoms with Crippen molar-refractivity contribution in [3.05, 3.63) is 28.4 Å². The Hall–Kier alpha value is -1.05. The minimum Gasteiger partial charge on any atom is -0.328 e. The van der Waals surface area contributed by atoms with Gasteiger partial charge in [-0.3, -0.25) is 4.68 Å². The molecule has 0 fully saturated rings. The minimum absolute atomic E-state index is 0.160. The molecular weight excluding hydrogens is 323 g/mol. The van der Waals surface area contributed by atoms with E-state index in [9.17, 15) is 8.42 Å². The molecule has 0 N–H and O–H groups in total. The molecule has 110 valence electrons. The number of rotatable bonds is 4. The summed E-state index contributed by atoms with van der Waals surface area (Å²) in [5, 5.41) is 4.74. The maximum atomic E-state index is 11.3. The van der Waals surface area contributed by atoms with Crippen molar-refractivity contribution in [3.8, 4) is 0 Å². The molecule has 0 bridgehead atoms. The van der Waals surface area contributed by atoms with Crippen LogP contribution in [0.25, 0.3) is 0 Å². The molecule has 0 radical (unpaired) electrons. The zero-order valence-electron chi connectivity index (χ0n) is 11.3. The first-order valence-electron chi connectivity index (χ1n) is 5.94.